The number of rotatable bonds is 4. The molecule has 8 heteroatoms. The molecule has 27 heavy (non-hydrogen) atoms. The first-order valence-electron chi connectivity index (χ1n) is 8.19. The lowest BCUT2D eigenvalue weighted by atomic mass is 10.1. The van der Waals surface area contributed by atoms with E-state index in [9.17, 15) is 4.79 Å². The highest BCUT2D eigenvalue weighted by atomic mass is 35.5. The van der Waals surface area contributed by atoms with E-state index in [1.165, 1.54) is 0 Å². The van der Waals surface area contributed by atoms with Crippen LogP contribution in [0.15, 0.2) is 47.0 Å². The van der Waals surface area contributed by atoms with Crippen LogP contribution in [0.4, 0.5) is 5.69 Å². The maximum atomic E-state index is 12.3. The highest BCUT2D eigenvalue weighted by Crippen LogP contribution is 2.34. The molecule has 0 atom stereocenters. The fourth-order valence-electron chi connectivity index (χ4n) is 2.68. The van der Waals surface area contributed by atoms with Gasteiger partial charge in [0.25, 0.3) is 0 Å². The van der Waals surface area contributed by atoms with Crippen molar-refractivity contribution in [3.8, 4) is 22.8 Å². The fourth-order valence-corrected chi connectivity index (χ4v) is 3.02. The molecule has 6 nitrogen and oxygen atoms in total. The van der Waals surface area contributed by atoms with Gasteiger partial charge in [0.1, 0.15) is 13.2 Å². The maximum absolute atomic E-state index is 12.3. The number of ether oxygens (including phenoxy) is 2. The van der Waals surface area contributed by atoms with Crippen molar-refractivity contribution in [2.75, 3.05) is 18.5 Å². The summed E-state index contributed by atoms with van der Waals surface area (Å²) in [6.07, 6.45) is 0.0386. The number of anilines is 1. The van der Waals surface area contributed by atoms with Crippen molar-refractivity contribution in [1.29, 1.82) is 0 Å². The van der Waals surface area contributed by atoms with Gasteiger partial charge in [0.2, 0.25) is 5.91 Å². The van der Waals surface area contributed by atoms with Crippen LogP contribution in [-0.2, 0) is 11.2 Å². The third-order valence-corrected chi connectivity index (χ3v) is 4.49. The second kappa shape index (κ2) is 7.50. The molecule has 1 aliphatic rings. The summed E-state index contributed by atoms with van der Waals surface area (Å²) < 4.78 is 16.4. The number of amides is 1. The number of hydrogen-bond donors (Lipinski definition) is 1. The SMILES string of the molecule is O=C(Cc1cc(-c2ccc3c(c2)OCCO3)on1)Nc1cc(Cl)ccc1Cl. The van der Waals surface area contributed by atoms with Crippen molar-refractivity contribution in [3.63, 3.8) is 0 Å². The van der Waals surface area contributed by atoms with Gasteiger partial charge in [-0.05, 0) is 36.4 Å². The lowest BCUT2D eigenvalue weighted by molar-refractivity contribution is -0.115. The van der Waals surface area contributed by atoms with E-state index in [2.05, 4.69) is 10.5 Å². The molecule has 2 aromatic carbocycles. The largest absolute Gasteiger partial charge is 0.486 e. The van der Waals surface area contributed by atoms with Crippen molar-refractivity contribution >= 4 is 34.8 Å². The molecule has 0 bridgehead atoms. The van der Waals surface area contributed by atoms with Gasteiger partial charge in [-0.3, -0.25) is 4.79 Å². The highest BCUT2D eigenvalue weighted by molar-refractivity contribution is 6.35. The lowest BCUT2D eigenvalue weighted by Crippen LogP contribution is -2.15. The zero-order chi connectivity index (χ0) is 18.8. The predicted molar refractivity (Wildman–Crippen MR) is 102 cm³/mol. The molecule has 3 aromatic rings. The minimum Gasteiger partial charge on any atom is -0.486 e. The van der Waals surface area contributed by atoms with Gasteiger partial charge < -0.3 is 19.3 Å². The van der Waals surface area contributed by atoms with E-state index in [-0.39, 0.29) is 12.3 Å². The normalized spacial score (nSPS) is 12.7. The smallest absolute Gasteiger partial charge is 0.230 e. The van der Waals surface area contributed by atoms with E-state index in [4.69, 9.17) is 37.2 Å². The van der Waals surface area contributed by atoms with Crippen molar-refractivity contribution in [2.24, 2.45) is 0 Å². The Kier molecular flexibility index (Phi) is 4.92. The van der Waals surface area contributed by atoms with Crippen molar-refractivity contribution in [3.05, 3.63) is 58.2 Å². The van der Waals surface area contributed by atoms with E-state index in [0.29, 0.717) is 51.9 Å². The highest BCUT2D eigenvalue weighted by Gasteiger charge is 2.16. The molecule has 0 saturated carbocycles. The quantitative estimate of drug-likeness (QED) is 0.687. The molecule has 1 aliphatic heterocycles. The fraction of sp³-hybridized carbons (Fsp3) is 0.158. The molecule has 1 N–H and O–H groups in total. The van der Waals surface area contributed by atoms with Crippen LogP contribution >= 0.6 is 23.2 Å². The Balaban J connectivity index is 1.46. The Morgan fingerprint density at radius 1 is 1.04 bits per heavy atom. The minimum absolute atomic E-state index is 0.0386. The molecule has 0 unspecified atom stereocenters. The number of hydrogen-bond acceptors (Lipinski definition) is 5. The van der Waals surface area contributed by atoms with Crippen molar-refractivity contribution < 1.29 is 18.8 Å². The van der Waals surface area contributed by atoms with Crippen molar-refractivity contribution in [2.45, 2.75) is 6.42 Å². The molecule has 4 rings (SSSR count). The second-order valence-electron chi connectivity index (χ2n) is 5.89. The first-order chi connectivity index (χ1) is 13.1. The van der Waals surface area contributed by atoms with Gasteiger partial charge in [0, 0.05) is 16.7 Å². The molecule has 0 fully saturated rings. The Morgan fingerprint density at radius 2 is 1.85 bits per heavy atom. The van der Waals surface area contributed by atoms with Gasteiger partial charge in [0.05, 0.1) is 22.8 Å². The van der Waals surface area contributed by atoms with Crippen LogP contribution in [0.25, 0.3) is 11.3 Å². The standard InChI is InChI=1S/C19H14Cl2N2O4/c20-12-2-3-14(21)15(8-12)22-19(24)10-13-9-17(27-23-13)11-1-4-16-18(7-11)26-6-5-25-16/h1-4,7-9H,5-6,10H2,(H,22,24). The van der Waals surface area contributed by atoms with E-state index in [1.807, 2.05) is 18.2 Å². The zero-order valence-corrected chi connectivity index (χ0v) is 15.5. The summed E-state index contributed by atoms with van der Waals surface area (Å²) in [6, 6.07) is 12.1. The average Bonchev–Trinajstić information content (AvgIpc) is 3.12. The molecule has 1 amide bonds. The number of benzene rings is 2. The monoisotopic (exact) mass is 404 g/mol. The molecule has 0 saturated heterocycles. The summed E-state index contributed by atoms with van der Waals surface area (Å²) >= 11 is 12.0. The first kappa shape index (κ1) is 17.7. The number of nitrogens with zero attached hydrogens (tertiary/aromatic N) is 1. The number of fused-ring (bicyclic) bond motifs is 1. The molecule has 138 valence electrons. The van der Waals surface area contributed by atoms with Crippen LogP contribution in [0.1, 0.15) is 5.69 Å². The summed E-state index contributed by atoms with van der Waals surface area (Å²) in [5.41, 5.74) is 1.73. The van der Waals surface area contributed by atoms with E-state index in [1.54, 1.807) is 24.3 Å². The van der Waals surface area contributed by atoms with Crippen LogP contribution < -0.4 is 14.8 Å². The molecular formula is C19H14Cl2N2O4. The Bertz CT molecular complexity index is 1000. The summed E-state index contributed by atoms with van der Waals surface area (Å²) in [4.78, 5) is 12.3. The van der Waals surface area contributed by atoms with Gasteiger partial charge in [0.15, 0.2) is 17.3 Å². The summed E-state index contributed by atoms with van der Waals surface area (Å²) in [5.74, 6) is 1.62. The number of carbonyl (C=O) groups excluding carboxylic acids is 1. The lowest BCUT2D eigenvalue weighted by Gasteiger charge is -2.18. The third-order valence-electron chi connectivity index (χ3n) is 3.93. The van der Waals surface area contributed by atoms with Crippen LogP contribution in [0.3, 0.4) is 0 Å². The van der Waals surface area contributed by atoms with Gasteiger partial charge in [-0.2, -0.15) is 0 Å². The van der Waals surface area contributed by atoms with Crippen molar-refractivity contribution in [1.82, 2.24) is 5.16 Å². The summed E-state index contributed by atoms with van der Waals surface area (Å²) in [7, 11) is 0. The summed E-state index contributed by atoms with van der Waals surface area (Å²) in [5, 5.41) is 7.57. The second-order valence-corrected chi connectivity index (χ2v) is 6.73. The van der Waals surface area contributed by atoms with Gasteiger partial charge in [-0.25, -0.2) is 0 Å². The number of aromatic nitrogens is 1. The van der Waals surface area contributed by atoms with Gasteiger partial charge in [-0.1, -0.05) is 28.4 Å². The van der Waals surface area contributed by atoms with Crippen LogP contribution in [0, 0.1) is 0 Å². The molecular weight excluding hydrogens is 391 g/mol. The number of carbonyl (C=O) groups is 1. The van der Waals surface area contributed by atoms with Crippen LogP contribution in [0.5, 0.6) is 11.5 Å². The molecule has 1 aromatic heterocycles. The van der Waals surface area contributed by atoms with Gasteiger partial charge in [-0.15, -0.1) is 0 Å². The molecule has 0 aliphatic carbocycles. The number of halogens is 2. The van der Waals surface area contributed by atoms with E-state index < -0.39 is 0 Å². The van der Waals surface area contributed by atoms with Gasteiger partial charge >= 0.3 is 0 Å². The average molecular weight is 405 g/mol. The topological polar surface area (TPSA) is 73.6 Å². The predicted octanol–water partition coefficient (Wildman–Crippen LogP) is 4.60. The maximum Gasteiger partial charge on any atom is 0.230 e. The van der Waals surface area contributed by atoms with Crippen LogP contribution in [-0.4, -0.2) is 24.3 Å². The van der Waals surface area contributed by atoms with E-state index in [0.717, 1.165) is 5.56 Å². The summed E-state index contributed by atoms with van der Waals surface area (Å²) in [6.45, 7) is 1.04. The molecule has 0 spiro atoms. The number of nitrogens with one attached hydrogen (secondary N) is 1. The Morgan fingerprint density at radius 3 is 2.70 bits per heavy atom. The minimum atomic E-state index is -0.277. The molecule has 0 radical (unpaired) electrons. The third kappa shape index (κ3) is 4.02. The zero-order valence-electron chi connectivity index (χ0n) is 14.0. The Hall–Kier alpha value is -2.70. The van der Waals surface area contributed by atoms with Crippen LogP contribution in [0.2, 0.25) is 10.0 Å². The van der Waals surface area contributed by atoms with E-state index >= 15 is 0 Å². The first-order valence-corrected chi connectivity index (χ1v) is 8.94. The Labute approximate surface area is 165 Å². The molecule has 2 heterocycles.